The van der Waals surface area contributed by atoms with Crippen LogP contribution in [0.2, 0.25) is 10.0 Å². The maximum absolute atomic E-state index is 11.0. The third kappa shape index (κ3) is 4.16. The van der Waals surface area contributed by atoms with Gasteiger partial charge in [-0.25, -0.2) is 0 Å². The van der Waals surface area contributed by atoms with Crippen molar-refractivity contribution in [2.75, 3.05) is 19.7 Å². The summed E-state index contributed by atoms with van der Waals surface area (Å²) in [7, 11) is 0. The minimum atomic E-state index is -0.770. The quantitative estimate of drug-likeness (QED) is 0.893. The molecular formula is C13H16Cl3NO3. The number of para-hydroxylation sites is 1. The van der Waals surface area contributed by atoms with Gasteiger partial charge in [-0.2, -0.15) is 0 Å². The van der Waals surface area contributed by atoms with Crippen LogP contribution in [-0.4, -0.2) is 41.7 Å². The van der Waals surface area contributed by atoms with Gasteiger partial charge in [-0.1, -0.05) is 29.3 Å². The summed E-state index contributed by atoms with van der Waals surface area (Å²) in [6.45, 7) is 1.71. The average Bonchev–Trinajstić information content (AvgIpc) is 2.81. The third-order valence-electron chi connectivity index (χ3n) is 3.19. The van der Waals surface area contributed by atoms with Gasteiger partial charge in [-0.3, -0.25) is 9.69 Å². The second-order valence-corrected chi connectivity index (χ2v) is 5.25. The smallest absolute Gasteiger partial charge is 0.320 e. The lowest BCUT2D eigenvalue weighted by Crippen LogP contribution is -2.38. The molecule has 7 heteroatoms. The molecule has 1 fully saturated rings. The number of hydrogen-bond acceptors (Lipinski definition) is 3. The number of likely N-dealkylation sites (tertiary alicyclic amines) is 1. The van der Waals surface area contributed by atoms with Gasteiger partial charge in [0.1, 0.15) is 12.6 Å². The van der Waals surface area contributed by atoms with Crippen molar-refractivity contribution in [2.45, 2.75) is 18.9 Å². The summed E-state index contributed by atoms with van der Waals surface area (Å²) in [4.78, 5) is 12.9. The fourth-order valence-electron chi connectivity index (χ4n) is 2.26. The molecular weight excluding hydrogens is 325 g/mol. The van der Waals surface area contributed by atoms with Crippen LogP contribution in [0.25, 0.3) is 0 Å². The maximum atomic E-state index is 11.0. The third-order valence-corrected chi connectivity index (χ3v) is 3.79. The highest BCUT2D eigenvalue weighted by atomic mass is 35.5. The number of hydrogen-bond donors (Lipinski definition) is 1. The Labute approximate surface area is 134 Å². The Morgan fingerprint density at radius 1 is 1.40 bits per heavy atom. The van der Waals surface area contributed by atoms with E-state index in [-0.39, 0.29) is 12.4 Å². The minimum absolute atomic E-state index is 0. The summed E-state index contributed by atoms with van der Waals surface area (Å²) in [6.07, 6.45) is 1.60. The number of carbonyl (C=O) groups is 1. The molecule has 0 amide bonds. The van der Waals surface area contributed by atoms with E-state index in [1.165, 1.54) is 0 Å². The van der Waals surface area contributed by atoms with Crippen LogP contribution in [-0.2, 0) is 4.79 Å². The van der Waals surface area contributed by atoms with Crippen LogP contribution in [0.4, 0.5) is 0 Å². The highest BCUT2D eigenvalue weighted by Crippen LogP contribution is 2.32. The van der Waals surface area contributed by atoms with Crippen molar-refractivity contribution in [1.29, 1.82) is 0 Å². The predicted octanol–water partition coefficient (Wildman–Crippen LogP) is 3.34. The van der Waals surface area contributed by atoms with Crippen LogP contribution in [0.3, 0.4) is 0 Å². The number of nitrogens with zero attached hydrogens (tertiary/aromatic N) is 1. The molecule has 0 bridgehead atoms. The van der Waals surface area contributed by atoms with Crippen LogP contribution >= 0.6 is 35.6 Å². The lowest BCUT2D eigenvalue weighted by Gasteiger charge is -2.21. The fourth-order valence-corrected chi connectivity index (χ4v) is 2.77. The first-order valence-corrected chi connectivity index (χ1v) is 6.89. The van der Waals surface area contributed by atoms with Gasteiger partial charge >= 0.3 is 5.97 Å². The van der Waals surface area contributed by atoms with Crippen LogP contribution in [0.1, 0.15) is 12.8 Å². The van der Waals surface area contributed by atoms with Gasteiger partial charge in [-0.05, 0) is 31.5 Å². The molecule has 1 heterocycles. The van der Waals surface area contributed by atoms with Gasteiger partial charge in [0.25, 0.3) is 0 Å². The second kappa shape index (κ2) is 7.93. The monoisotopic (exact) mass is 339 g/mol. The van der Waals surface area contributed by atoms with E-state index < -0.39 is 12.0 Å². The van der Waals surface area contributed by atoms with Crippen molar-refractivity contribution < 1.29 is 14.6 Å². The number of halogens is 3. The molecule has 1 saturated heterocycles. The highest BCUT2D eigenvalue weighted by molar-refractivity contribution is 6.37. The molecule has 0 unspecified atom stereocenters. The molecule has 1 aromatic carbocycles. The molecule has 4 nitrogen and oxygen atoms in total. The minimum Gasteiger partial charge on any atom is -0.489 e. The molecule has 0 saturated carbocycles. The number of carboxylic acid groups (broad SMARTS) is 1. The Morgan fingerprint density at radius 2 is 2.05 bits per heavy atom. The second-order valence-electron chi connectivity index (χ2n) is 4.43. The Hall–Kier alpha value is -0.680. The van der Waals surface area contributed by atoms with Crippen molar-refractivity contribution in [3.05, 3.63) is 28.2 Å². The molecule has 1 aromatic rings. The van der Waals surface area contributed by atoms with E-state index in [2.05, 4.69) is 0 Å². The molecule has 1 atom stereocenters. The van der Waals surface area contributed by atoms with E-state index >= 15 is 0 Å². The molecule has 1 N–H and O–H groups in total. The Morgan fingerprint density at radius 3 is 2.65 bits per heavy atom. The molecule has 112 valence electrons. The van der Waals surface area contributed by atoms with Gasteiger partial charge in [0.15, 0.2) is 5.75 Å². The lowest BCUT2D eigenvalue weighted by atomic mass is 10.2. The van der Waals surface area contributed by atoms with Gasteiger partial charge in [0.05, 0.1) is 10.0 Å². The summed E-state index contributed by atoms with van der Waals surface area (Å²) in [5.41, 5.74) is 0. The molecule has 0 aromatic heterocycles. The first-order chi connectivity index (χ1) is 9.09. The summed E-state index contributed by atoms with van der Waals surface area (Å²) in [6, 6.07) is 4.76. The van der Waals surface area contributed by atoms with Gasteiger partial charge in [0, 0.05) is 6.54 Å². The van der Waals surface area contributed by atoms with E-state index in [0.717, 1.165) is 13.0 Å². The number of aliphatic carboxylic acids is 1. The van der Waals surface area contributed by atoms with E-state index in [1.807, 2.05) is 4.90 Å². The van der Waals surface area contributed by atoms with Crippen LogP contribution < -0.4 is 4.74 Å². The number of carboxylic acids is 1. The lowest BCUT2D eigenvalue weighted by molar-refractivity contribution is -0.142. The van der Waals surface area contributed by atoms with Crippen molar-refractivity contribution >= 4 is 41.6 Å². The number of benzene rings is 1. The summed E-state index contributed by atoms with van der Waals surface area (Å²) >= 11 is 12.0. The van der Waals surface area contributed by atoms with E-state index in [0.29, 0.717) is 35.4 Å². The fraction of sp³-hybridized carbons (Fsp3) is 0.462. The zero-order valence-electron chi connectivity index (χ0n) is 10.7. The molecule has 20 heavy (non-hydrogen) atoms. The van der Waals surface area contributed by atoms with Crippen LogP contribution in [0.5, 0.6) is 5.75 Å². The van der Waals surface area contributed by atoms with Crippen LogP contribution in [0, 0.1) is 0 Å². The standard InChI is InChI=1S/C13H15Cl2NO3.ClH/c14-9-3-1-4-10(15)12(9)19-8-7-16-6-2-5-11(16)13(17)18;/h1,3-4,11H,2,5-8H2,(H,17,18);1H/t11-;/m1./s1. The zero-order chi connectivity index (χ0) is 13.8. The molecule has 0 radical (unpaired) electrons. The maximum Gasteiger partial charge on any atom is 0.320 e. The van der Waals surface area contributed by atoms with Gasteiger partial charge in [0.2, 0.25) is 0 Å². The SMILES string of the molecule is Cl.O=C(O)[C@H]1CCCN1CCOc1c(Cl)cccc1Cl. The summed E-state index contributed by atoms with van der Waals surface area (Å²) in [5, 5.41) is 9.99. The van der Waals surface area contributed by atoms with E-state index in [4.69, 9.17) is 33.0 Å². The number of rotatable bonds is 5. The van der Waals surface area contributed by atoms with Crippen molar-refractivity contribution in [3.63, 3.8) is 0 Å². The van der Waals surface area contributed by atoms with Crippen molar-refractivity contribution in [2.24, 2.45) is 0 Å². The molecule has 1 aliphatic heterocycles. The van der Waals surface area contributed by atoms with Gasteiger partial charge < -0.3 is 9.84 Å². The summed E-state index contributed by atoms with van der Waals surface area (Å²) in [5.74, 6) is -0.315. The Kier molecular flexibility index (Phi) is 6.89. The molecule has 2 rings (SSSR count). The topological polar surface area (TPSA) is 49.8 Å². The Bertz CT molecular complexity index is 450. The summed E-state index contributed by atoms with van der Waals surface area (Å²) < 4.78 is 5.56. The average molecular weight is 341 g/mol. The Balaban J connectivity index is 0.00000200. The normalized spacial score (nSPS) is 18.6. The van der Waals surface area contributed by atoms with E-state index in [1.54, 1.807) is 18.2 Å². The number of ether oxygens (including phenoxy) is 1. The highest BCUT2D eigenvalue weighted by Gasteiger charge is 2.29. The largest absolute Gasteiger partial charge is 0.489 e. The predicted molar refractivity (Wildman–Crippen MR) is 81.4 cm³/mol. The van der Waals surface area contributed by atoms with Crippen LogP contribution in [0.15, 0.2) is 18.2 Å². The molecule has 0 aliphatic carbocycles. The van der Waals surface area contributed by atoms with Crippen molar-refractivity contribution in [1.82, 2.24) is 4.90 Å². The first kappa shape index (κ1) is 17.4. The zero-order valence-corrected chi connectivity index (χ0v) is 13.0. The van der Waals surface area contributed by atoms with E-state index in [9.17, 15) is 4.79 Å². The first-order valence-electron chi connectivity index (χ1n) is 6.13. The molecule has 1 aliphatic rings. The molecule has 0 spiro atoms. The van der Waals surface area contributed by atoms with Crippen molar-refractivity contribution in [3.8, 4) is 5.75 Å². The van der Waals surface area contributed by atoms with Gasteiger partial charge in [-0.15, -0.1) is 12.4 Å².